The maximum atomic E-state index is 5.73. The molecule has 0 unspecified atom stereocenters. The van der Waals surface area contributed by atoms with Crippen molar-refractivity contribution in [3.05, 3.63) is 42.2 Å². The number of aromatic nitrogens is 1. The zero-order chi connectivity index (χ0) is 13.7. The van der Waals surface area contributed by atoms with Crippen molar-refractivity contribution in [2.75, 3.05) is 14.2 Å². The van der Waals surface area contributed by atoms with Gasteiger partial charge in [0.05, 0.1) is 20.4 Å². The normalized spacial score (nSPS) is 10.1. The van der Waals surface area contributed by atoms with Crippen LogP contribution in [-0.4, -0.2) is 19.2 Å². The van der Waals surface area contributed by atoms with Gasteiger partial charge in [-0.2, -0.15) is 0 Å². The fraction of sp³-hybridized carbons (Fsp3) is 0.214. The number of nitrogens with zero attached hydrogens (tertiary/aromatic N) is 1. The molecule has 0 bridgehead atoms. The third kappa shape index (κ3) is 3.35. The first-order chi connectivity index (χ1) is 9.25. The molecule has 2 N–H and O–H groups in total. The zero-order valence-electron chi connectivity index (χ0n) is 10.9. The number of nitrogens with two attached hydrogens (primary N) is 1. The van der Waals surface area contributed by atoms with Crippen molar-refractivity contribution < 1.29 is 14.2 Å². The van der Waals surface area contributed by atoms with Crippen molar-refractivity contribution in [3.63, 3.8) is 0 Å². The van der Waals surface area contributed by atoms with Crippen LogP contribution in [0.5, 0.6) is 23.0 Å². The van der Waals surface area contributed by atoms with E-state index in [1.807, 2.05) is 6.07 Å². The van der Waals surface area contributed by atoms with Crippen LogP contribution in [0.3, 0.4) is 0 Å². The van der Waals surface area contributed by atoms with Gasteiger partial charge in [0, 0.05) is 30.9 Å². The van der Waals surface area contributed by atoms with Gasteiger partial charge in [-0.1, -0.05) is 0 Å². The number of ether oxygens (including phenoxy) is 3. The summed E-state index contributed by atoms with van der Waals surface area (Å²) in [6.45, 7) is 0.422. The van der Waals surface area contributed by atoms with E-state index in [0.29, 0.717) is 29.5 Å². The van der Waals surface area contributed by atoms with Gasteiger partial charge in [-0.3, -0.25) is 4.98 Å². The molecule has 0 atom stereocenters. The Bertz CT molecular complexity index is 536. The second-order valence-corrected chi connectivity index (χ2v) is 3.88. The molecule has 1 heterocycles. The zero-order valence-corrected chi connectivity index (χ0v) is 10.9. The summed E-state index contributed by atoms with van der Waals surface area (Å²) in [5, 5.41) is 0. The van der Waals surface area contributed by atoms with E-state index in [2.05, 4.69) is 4.98 Å². The Balaban J connectivity index is 2.26. The summed E-state index contributed by atoms with van der Waals surface area (Å²) >= 11 is 0. The smallest absolute Gasteiger partial charge is 0.146 e. The van der Waals surface area contributed by atoms with E-state index in [1.165, 1.54) is 0 Å². The molecule has 1 aromatic carbocycles. The topological polar surface area (TPSA) is 66.6 Å². The van der Waals surface area contributed by atoms with Crippen molar-refractivity contribution in [1.29, 1.82) is 0 Å². The molecule has 0 aliphatic rings. The summed E-state index contributed by atoms with van der Waals surface area (Å²) < 4.78 is 16.1. The van der Waals surface area contributed by atoms with Gasteiger partial charge >= 0.3 is 0 Å². The van der Waals surface area contributed by atoms with E-state index < -0.39 is 0 Å². The highest BCUT2D eigenvalue weighted by molar-refractivity contribution is 5.43. The molecule has 0 saturated heterocycles. The number of benzene rings is 1. The van der Waals surface area contributed by atoms with Crippen molar-refractivity contribution in [2.45, 2.75) is 6.54 Å². The van der Waals surface area contributed by atoms with Crippen LogP contribution < -0.4 is 19.9 Å². The van der Waals surface area contributed by atoms with E-state index in [-0.39, 0.29) is 0 Å². The van der Waals surface area contributed by atoms with Crippen LogP contribution in [0.15, 0.2) is 36.7 Å². The lowest BCUT2D eigenvalue weighted by atomic mass is 10.2. The minimum Gasteiger partial charge on any atom is -0.496 e. The number of pyridine rings is 1. The van der Waals surface area contributed by atoms with Crippen molar-refractivity contribution in [2.24, 2.45) is 5.73 Å². The highest BCUT2D eigenvalue weighted by Crippen LogP contribution is 2.30. The molecule has 0 saturated carbocycles. The average molecular weight is 260 g/mol. The molecule has 0 fully saturated rings. The molecule has 0 amide bonds. The molecule has 0 radical (unpaired) electrons. The summed E-state index contributed by atoms with van der Waals surface area (Å²) in [7, 11) is 3.18. The molecule has 19 heavy (non-hydrogen) atoms. The van der Waals surface area contributed by atoms with Gasteiger partial charge < -0.3 is 19.9 Å². The van der Waals surface area contributed by atoms with Crippen LogP contribution >= 0.6 is 0 Å². The predicted molar refractivity (Wildman–Crippen MR) is 71.7 cm³/mol. The van der Waals surface area contributed by atoms with Crippen molar-refractivity contribution in [1.82, 2.24) is 4.98 Å². The molecule has 1 aromatic heterocycles. The van der Waals surface area contributed by atoms with E-state index >= 15 is 0 Å². The van der Waals surface area contributed by atoms with Gasteiger partial charge in [0.1, 0.15) is 23.0 Å². The highest BCUT2D eigenvalue weighted by atomic mass is 16.5. The lowest BCUT2D eigenvalue weighted by Crippen LogP contribution is -1.97. The van der Waals surface area contributed by atoms with Gasteiger partial charge in [0.2, 0.25) is 0 Å². The lowest BCUT2D eigenvalue weighted by Gasteiger charge is -2.10. The Hall–Kier alpha value is -2.27. The molecule has 0 aliphatic carbocycles. The minimum absolute atomic E-state index is 0.422. The monoisotopic (exact) mass is 260 g/mol. The van der Waals surface area contributed by atoms with E-state index in [0.717, 1.165) is 5.56 Å². The second-order valence-electron chi connectivity index (χ2n) is 3.88. The fourth-order valence-corrected chi connectivity index (χ4v) is 1.61. The highest BCUT2D eigenvalue weighted by Gasteiger charge is 2.05. The maximum absolute atomic E-state index is 5.73. The SMILES string of the molecule is COc1cc(OC)cc(Oc2cncc(CN)c2)c1. The van der Waals surface area contributed by atoms with Gasteiger partial charge in [-0.05, 0) is 11.6 Å². The van der Waals surface area contributed by atoms with Crippen LogP contribution in [0.2, 0.25) is 0 Å². The van der Waals surface area contributed by atoms with Gasteiger partial charge in [-0.15, -0.1) is 0 Å². The predicted octanol–water partition coefficient (Wildman–Crippen LogP) is 2.35. The summed E-state index contributed by atoms with van der Waals surface area (Å²) in [6.07, 6.45) is 3.34. The van der Waals surface area contributed by atoms with Gasteiger partial charge in [0.25, 0.3) is 0 Å². The molecule has 5 nitrogen and oxygen atoms in total. The molecule has 0 spiro atoms. The first-order valence-corrected chi connectivity index (χ1v) is 5.80. The van der Waals surface area contributed by atoms with Crippen LogP contribution in [-0.2, 0) is 6.54 Å². The first-order valence-electron chi connectivity index (χ1n) is 5.80. The average Bonchev–Trinajstić information content (AvgIpc) is 2.47. The standard InChI is InChI=1S/C14H16N2O3/c1-17-11-4-12(18-2)6-13(5-11)19-14-3-10(7-15)8-16-9-14/h3-6,8-9H,7,15H2,1-2H3. The number of hydrogen-bond donors (Lipinski definition) is 1. The summed E-state index contributed by atoms with van der Waals surface area (Å²) in [5.74, 6) is 2.57. The third-order valence-electron chi connectivity index (χ3n) is 2.57. The molecule has 2 aromatic rings. The van der Waals surface area contributed by atoms with E-state index in [9.17, 15) is 0 Å². The Morgan fingerprint density at radius 3 is 2.11 bits per heavy atom. The van der Waals surface area contributed by atoms with E-state index in [1.54, 1.807) is 44.8 Å². The van der Waals surface area contributed by atoms with Gasteiger partial charge in [0.15, 0.2) is 0 Å². The first kappa shape index (κ1) is 13.2. The van der Waals surface area contributed by atoms with Crippen LogP contribution in [0, 0.1) is 0 Å². The third-order valence-corrected chi connectivity index (χ3v) is 2.57. The number of rotatable bonds is 5. The molecular formula is C14H16N2O3. The Labute approximate surface area is 111 Å². The lowest BCUT2D eigenvalue weighted by molar-refractivity contribution is 0.386. The molecule has 2 rings (SSSR count). The van der Waals surface area contributed by atoms with Crippen LogP contribution in [0.25, 0.3) is 0 Å². The number of methoxy groups -OCH3 is 2. The molecule has 0 aliphatic heterocycles. The largest absolute Gasteiger partial charge is 0.496 e. The minimum atomic E-state index is 0.422. The number of hydrogen-bond acceptors (Lipinski definition) is 5. The Morgan fingerprint density at radius 1 is 0.895 bits per heavy atom. The van der Waals surface area contributed by atoms with E-state index in [4.69, 9.17) is 19.9 Å². The van der Waals surface area contributed by atoms with Crippen LogP contribution in [0.4, 0.5) is 0 Å². The summed E-state index contributed by atoms with van der Waals surface area (Å²) in [4.78, 5) is 4.07. The van der Waals surface area contributed by atoms with Crippen molar-refractivity contribution >= 4 is 0 Å². The Morgan fingerprint density at radius 2 is 1.53 bits per heavy atom. The second kappa shape index (κ2) is 6.06. The molecule has 100 valence electrons. The Kier molecular flexibility index (Phi) is 4.20. The molecule has 5 heteroatoms. The maximum Gasteiger partial charge on any atom is 0.146 e. The summed E-state index contributed by atoms with van der Waals surface area (Å²) in [5.41, 5.74) is 6.48. The quantitative estimate of drug-likeness (QED) is 0.893. The molecular weight excluding hydrogens is 244 g/mol. The van der Waals surface area contributed by atoms with Crippen molar-refractivity contribution in [3.8, 4) is 23.0 Å². The van der Waals surface area contributed by atoms with Gasteiger partial charge in [-0.25, -0.2) is 0 Å². The summed E-state index contributed by atoms with van der Waals surface area (Å²) in [6, 6.07) is 7.18. The van der Waals surface area contributed by atoms with Crippen LogP contribution in [0.1, 0.15) is 5.56 Å². The fourth-order valence-electron chi connectivity index (χ4n) is 1.61.